The highest BCUT2D eigenvalue weighted by Crippen LogP contribution is 2.45. The molecular weight excluding hydrogens is 1260 g/mol. The molecule has 0 radical (unpaired) electrons. The van der Waals surface area contributed by atoms with Crippen molar-refractivity contribution in [1.82, 2.24) is 0 Å². The van der Waals surface area contributed by atoms with Crippen LogP contribution in [0.4, 0.5) is 0 Å². The fourth-order valence-electron chi connectivity index (χ4n) is 9.38. The van der Waals surface area contributed by atoms with Crippen molar-refractivity contribution in [2.75, 3.05) is 39.6 Å². The average molecular weight is 1390 g/mol. The van der Waals surface area contributed by atoms with Gasteiger partial charge in [-0.05, 0) is 109 Å². The number of aliphatic hydroxyl groups is 1. The van der Waals surface area contributed by atoms with Crippen LogP contribution in [0.25, 0.3) is 0 Å². The van der Waals surface area contributed by atoms with Crippen LogP contribution in [0.2, 0.25) is 0 Å². The number of rotatable bonds is 68. The first kappa shape index (κ1) is 91.5. The van der Waals surface area contributed by atoms with Gasteiger partial charge in [-0.25, -0.2) is 9.13 Å². The van der Waals surface area contributed by atoms with Crippen LogP contribution in [0.15, 0.2) is 122 Å². The third kappa shape index (κ3) is 68.0. The first-order valence-corrected chi connectivity index (χ1v) is 39.8. The van der Waals surface area contributed by atoms with Crippen molar-refractivity contribution in [3.63, 3.8) is 0 Å². The lowest BCUT2D eigenvalue weighted by Gasteiger charge is -2.21. The van der Waals surface area contributed by atoms with E-state index in [4.69, 9.17) is 37.0 Å². The number of esters is 4. The van der Waals surface area contributed by atoms with Crippen LogP contribution in [0, 0.1) is 0 Å². The normalized spacial score (nSPS) is 14.7. The molecule has 3 N–H and O–H groups in total. The standard InChI is InChI=1S/C77H130O17P2/c1-5-9-13-17-21-25-29-32-34-35-37-40-43-46-50-54-58-62-75(80)88-68-73(94-77(82)64-60-56-52-48-44-38-31-27-23-19-15-11-7-3)70-92-96(85,86)90-66-71(78)65-89-95(83,84)91-69-72(93-76(81)63-59-55-51-47-41-28-24-20-16-12-8-4)67-87-74(79)61-57-53-49-45-42-39-36-33-30-26-22-18-14-10-6-2/h9-10,13-14,20-22,24-26,32-34,36-37,40,42,45,53,57,71-73,78H,5-8,11-12,15-19,23,27-31,35,38-39,41,43-44,46-52,54-56,58-70H2,1-4H3,(H,83,84)(H,85,86)/b13-9-,14-10-,24-20-,25-21-,26-22-,34-32-,36-33-,40-37-,45-42-,57-53-. The Hall–Kier alpha value is -4.54. The molecule has 96 heavy (non-hydrogen) atoms. The maximum atomic E-state index is 13.1. The summed E-state index contributed by atoms with van der Waals surface area (Å²) in [5.41, 5.74) is 0. The largest absolute Gasteiger partial charge is 0.472 e. The molecule has 17 nitrogen and oxygen atoms in total. The highest BCUT2D eigenvalue weighted by atomic mass is 31.2. The Kier molecular flexibility index (Phi) is 65.7. The molecule has 0 bridgehead atoms. The van der Waals surface area contributed by atoms with Gasteiger partial charge in [-0.1, -0.05) is 271 Å². The number of allylic oxidation sites excluding steroid dienone is 19. The van der Waals surface area contributed by atoms with Gasteiger partial charge in [-0.2, -0.15) is 0 Å². The highest BCUT2D eigenvalue weighted by Gasteiger charge is 2.30. The van der Waals surface area contributed by atoms with Crippen molar-refractivity contribution >= 4 is 39.5 Å². The zero-order valence-corrected chi connectivity index (χ0v) is 61.5. The van der Waals surface area contributed by atoms with Gasteiger partial charge in [0.1, 0.15) is 19.3 Å². The molecule has 0 aliphatic heterocycles. The van der Waals surface area contributed by atoms with Gasteiger partial charge in [0.25, 0.3) is 0 Å². The van der Waals surface area contributed by atoms with Crippen molar-refractivity contribution in [3.8, 4) is 0 Å². The maximum Gasteiger partial charge on any atom is 0.472 e. The zero-order chi connectivity index (χ0) is 70.4. The number of phosphoric ester groups is 2. The lowest BCUT2D eigenvalue weighted by atomic mass is 10.0. The van der Waals surface area contributed by atoms with E-state index in [1.807, 2.05) is 18.2 Å². The van der Waals surface area contributed by atoms with Crippen LogP contribution in [0.1, 0.15) is 285 Å². The third-order valence-corrected chi connectivity index (χ3v) is 16.9. The van der Waals surface area contributed by atoms with E-state index in [1.165, 1.54) is 64.2 Å². The van der Waals surface area contributed by atoms with Crippen molar-refractivity contribution in [2.45, 2.75) is 303 Å². The molecule has 0 aromatic carbocycles. The summed E-state index contributed by atoms with van der Waals surface area (Å²) in [6, 6.07) is 0. The summed E-state index contributed by atoms with van der Waals surface area (Å²) in [6.45, 7) is 4.44. The fraction of sp³-hybridized carbons (Fsp3) is 0.688. The minimum atomic E-state index is -4.99. The molecule has 5 atom stereocenters. The lowest BCUT2D eigenvalue weighted by molar-refractivity contribution is -0.161. The second-order valence-corrected chi connectivity index (χ2v) is 27.0. The number of aliphatic hydroxyl groups excluding tert-OH is 1. The fourth-order valence-corrected chi connectivity index (χ4v) is 11.0. The predicted molar refractivity (Wildman–Crippen MR) is 390 cm³/mol. The van der Waals surface area contributed by atoms with Gasteiger partial charge in [0, 0.05) is 19.3 Å². The molecule has 0 rings (SSSR count). The number of carbonyl (C=O) groups excluding carboxylic acids is 4. The molecule has 0 spiro atoms. The molecule has 0 aromatic rings. The van der Waals surface area contributed by atoms with Gasteiger partial charge in [-0.15, -0.1) is 0 Å². The summed E-state index contributed by atoms with van der Waals surface area (Å²) in [6.07, 6.45) is 73.8. The molecule has 0 saturated heterocycles. The van der Waals surface area contributed by atoms with Crippen LogP contribution < -0.4 is 0 Å². The number of carbonyl (C=O) groups is 4. The molecule has 19 heteroatoms. The van der Waals surface area contributed by atoms with Gasteiger partial charge < -0.3 is 33.8 Å². The van der Waals surface area contributed by atoms with Crippen LogP contribution >= 0.6 is 15.6 Å². The third-order valence-electron chi connectivity index (χ3n) is 15.0. The smallest absolute Gasteiger partial charge is 0.462 e. The summed E-state index contributed by atoms with van der Waals surface area (Å²) >= 11 is 0. The Morgan fingerprint density at radius 1 is 0.312 bits per heavy atom. The van der Waals surface area contributed by atoms with E-state index >= 15 is 0 Å². The summed E-state index contributed by atoms with van der Waals surface area (Å²) in [5, 5.41) is 10.6. The summed E-state index contributed by atoms with van der Waals surface area (Å²) in [7, 11) is -9.97. The maximum absolute atomic E-state index is 13.1. The molecule has 5 unspecified atom stereocenters. The van der Waals surface area contributed by atoms with Crippen LogP contribution in [0.3, 0.4) is 0 Å². The second-order valence-electron chi connectivity index (χ2n) is 24.1. The molecule has 0 amide bonds. The van der Waals surface area contributed by atoms with Gasteiger partial charge in [0.15, 0.2) is 12.2 Å². The lowest BCUT2D eigenvalue weighted by Crippen LogP contribution is -2.30. The quantitative estimate of drug-likeness (QED) is 0.0169. The minimum Gasteiger partial charge on any atom is -0.462 e. The molecule has 550 valence electrons. The Morgan fingerprint density at radius 3 is 0.969 bits per heavy atom. The molecule has 0 fully saturated rings. The van der Waals surface area contributed by atoms with Crippen LogP contribution in [-0.4, -0.2) is 96.7 Å². The van der Waals surface area contributed by atoms with E-state index in [1.54, 1.807) is 6.08 Å². The van der Waals surface area contributed by atoms with E-state index in [0.29, 0.717) is 25.7 Å². The van der Waals surface area contributed by atoms with E-state index < -0.39 is 97.5 Å². The van der Waals surface area contributed by atoms with Crippen molar-refractivity contribution in [1.29, 1.82) is 0 Å². The van der Waals surface area contributed by atoms with Crippen LogP contribution in [0.5, 0.6) is 0 Å². The molecule has 0 heterocycles. The number of phosphoric acid groups is 2. The Bertz CT molecular complexity index is 2300. The summed E-state index contributed by atoms with van der Waals surface area (Å²) in [5.74, 6) is -2.36. The van der Waals surface area contributed by atoms with E-state index in [0.717, 1.165) is 141 Å². The van der Waals surface area contributed by atoms with Gasteiger partial charge in [0.05, 0.1) is 32.8 Å². The number of ether oxygens (including phenoxy) is 4. The van der Waals surface area contributed by atoms with Gasteiger partial charge in [-0.3, -0.25) is 37.3 Å². The molecule has 0 aliphatic carbocycles. The van der Waals surface area contributed by atoms with E-state index in [2.05, 4.69) is 125 Å². The zero-order valence-electron chi connectivity index (χ0n) is 59.8. The SMILES string of the molecule is CC/C=C\C/C=C\C/C=C\C/C=C\C/C=C\CC(=O)OCC(COP(=O)(O)OCC(O)COP(=O)(O)OCC(COC(=O)CCCCCC/C=C\C/C=C\C/C=C\C/C=C\CC)OC(=O)CCCCCCCCCCCCCCC)OC(=O)CCCCCCC/C=C\CCCC. The van der Waals surface area contributed by atoms with Crippen molar-refractivity contribution < 1.29 is 80.2 Å². The highest BCUT2D eigenvalue weighted by molar-refractivity contribution is 7.47. The van der Waals surface area contributed by atoms with Crippen molar-refractivity contribution in [3.05, 3.63) is 122 Å². The Balaban J connectivity index is 5.40. The Labute approximate surface area is 581 Å². The van der Waals surface area contributed by atoms with Crippen LogP contribution in [-0.2, 0) is 65.4 Å². The average Bonchev–Trinajstić information content (AvgIpc) is 1.10. The monoisotopic (exact) mass is 1390 g/mol. The number of hydrogen-bond acceptors (Lipinski definition) is 15. The van der Waals surface area contributed by atoms with E-state index in [-0.39, 0.29) is 25.7 Å². The van der Waals surface area contributed by atoms with Crippen molar-refractivity contribution in [2.24, 2.45) is 0 Å². The first-order valence-electron chi connectivity index (χ1n) is 36.8. The summed E-state index contributed by atoms with van der Waals surface area (Å²) in [4.78, 5) is 72.6. The molecule has 0 saturated carbocycles. The topological polar surface area (TPSA) is 237 Å². The second kappa shape index (κ2) is 69.0. The predicted octanol–water partition coefficient (Wildman–Crippen LogP) is 20.8. The van der Waals surface area contributed by atoms with E-state index in [9.17, 15) is 43.2 Å². The first-order chi connectivity index (χ1) is 46.7. The van der Waals surface area contributed by atoms with Gasteiger partial charge >= 0.3 is 39.5 Å². The summed E-state index contributed by atoms with van der Waals surface area (Å²) < 4.78 is 68.2. The minimum absolute atomic E-state index is 0.0629. The molecule has 0 aliphatic rings. The number of unbranched alkanes of at least 4 members (excludes halogenated alkanes) is 23. The molecule has 0 aromatic heterocycles. The molecular formula is C77H130O17P2. The Morgan fingerprint density at radius 2 is 0.594 bits per heavy atom. The number of hydrogen-bond donors (Lipinski definition) is 3. The van der Waals surface area contributed by atoms with Gasteiger partial charge in [0.2, 0.25) is 0 Å².